The van der Waals surface area contributed by atoms with Crippen LogP contribution in [-0.2, 0) is 13.8 Å². The Morgan fingerprint density at radius 1 is 1.29 bits per heavy atom. The first-order valence-corrected chi connectivity index (χ1v) is 9.79. The molecule has 0 saturated carbocycles. The second-order valence-electron chi connectivity index (χ2n) is 4.39. The van der Waals surface area contributed by atoms with E-state index in [2.05, 4.69) is 31.9 Å². The van der Waals surface area contributed by atoms with Gasteiger partial charge in [-0.1, -0.05) is 0 Å². The summed E-state index contributed by atoms with van der Waals surface area (Å²) in [5.74, 6) is 0.497. The predicted molar refractivity (Wildman–Crippen MR) is 88.3 cm³/mol. The summed E-state index contributed by atoms with van der Waals surface area (Å²) >= 11 is 6.48. The summed E-state index contributed by atoms with van der Waals surface area (Å²) in [6.45, 7) is 0.337. The molecule has 1 aromatic rings. The van der Waals surface area contributed by atoms with E-state index in [0.29, 0.717) is 34.1 Å². The summed E-state index contributed by atoms with van der Waals surface area (Å²) < 4.78 is 29.1. The van der Waals surface area contributed by atoms with Crippen LogP contribution in [0.15, 0.2) is 26.0 Å². The van der Waals surface area contributed by atoms with Crippen molar-refractivity contribution in [3.05, 3.63) is 21.1 Å². The highest BCUT2D eigenvalue weighted by molar-refractivity contribution is 9.11. The molecular weight excluding hydrogens is 449 g/mol. The van der Waals surface area contributed by atoms with Crippen LogP contribution in [0.1, 0.15) is 12.8 Å². The standard InChI is InChI=1S/C12H14Br2ClNO4S/c1-16(2)11(17)4-3-5-20-12-9(13)6-8(7-10(12)14)21(15,18)19/h6-7H,3-5H2,1-2H3. The number of carbonyl (C=O) groups excluding carboxylic acids is 1. The molecule has 1 amide bonds. The molecule has 118 valence electrons. The normalized spacial score (nSPS) is 11.3. The Kier molecular flexibility index (Phi) is 6.96. The van der Waals surface area contributed by atoms with E-state index in [0.717, 1.165) is 0 Å². The number of hydrogen-bond acceptors (Lipinski definition) is 4. The van der Waals surface area contributed by atoms with Crippen molar-refractivity contribution in [1.82, 2.24) is 4.90 Å². The van der Waals surface area contributed by atoms with E-state index in [1.54, 1.807) is 14.1 Å². The number of nitrogens with zero attached hydrogens (tertiary/aromatic N) is 1. The zero-order valence-electron chi connectivity index (χ0n) is 11.4. The molecule has 0 spiro atoms. The highest BCUT2D eigenvalue weighted by Crippen LogP contribution is 2.36. The third kappa shape index (κ3) is 5.77. The minimum Gasteiger partial charge on any atom is -0.491 e. The van der Waals surface area contributed by atoms with Gasteiger partial charge in [0.1, 0.15) is 5.75 Å². The van der Waals surface area contributed by atoms with Crippen molar-refractivity contribution in [3.8, 4) is 5.75 Å². The number of rotatable bonds is 6. The molecule has 0 fully saturated rings. The summed E-state index contributed by atoms with van der Waals surface area (Å²) in [5.41, 5.74) is 0. The minimum absolute atomic E-state index is 0.0281. The zero-order valence-corrected chi connectivity index (χ0v) is 16.1. The molecular formula is C12H14Br2ClNO4S. The second kappa shape index (κ2) is 7.80. The van der Waals surface area contributed by atoms with Crippen LogP contribution in [0.5, 0.6) is 5.75 Å². The molecule has 0 atom stereocenters. The van der Waals surface area contributed by atoms with E-state index in [4.69, 9.17) is 15.4 Å². The van der Waals surface area contributed by atoms with Gasteiger partial charge in [-0.05, 0) is 50.4 Å². The van der Waals surface area contributed by atoms with Crippen LogP contribution >= 0.6 is 42.5 Å². The first-order chi connectivity index (χ1) is 9.62. The van der Waals surface area contributed by atoms with Crippen LogP contribution in [-0.4, -0.2) is 39.9 Å². The van der Waals surface area contributed by atoms with Crippen molar-refractivity contribution in [3.63, 3.8) is 0 Å². The molecule has 1 rings (SSSR count). The topological polar surface area (TPSA) is 63.7 Å². The summed E-state index contributed by atoms with van der Waals surface area (Å²) in [7, 11) is 4.88. The Bertz CT molecular complexity index is 611. The van der Waals surface area contributed by atoms with Crippen LogP contribution in [0, 0.1) is 0 Å². The molecule has 21 heavy (non-hydrogen) atoms. The average Bonchev–Trinajstić information content (AvgIpc) is 2.35. The summed E-state index contributed by atoms with van der Waals surface area (Å²) in [5, 5.41) is 0. The lowest BCUT2D eigenvalue weighted by atomic mass is 10.3. The molecule has 5 nitrogen and oxygen atoms in total. The maximum Gasteiger partial charge on any atom is 0.261 e. The van der Waals surface area contributed by atoms with Crippen LogP contribution < -0.4 is 4.74 Å². The average molecular weight is 464 g/mol. The van der Waals surface area contributed by atoms with Crippen molar-refractivity contribution in [2.45, 2.75) is 17.7 Å². The molecule has 0 aliphatic rings. The van der Waals surface area contributed by atoms with Crippen molar-refractivity contribution in [2.24, 2.45) is 0 Å². The van der Waals surface area contributed by atoms with Gasteiger partial charge in [-0.15, -0.1) is 0 Å². The van der Waals surface area contributed by atoms with Crippen molar-refractivity contribution in [1.29, 1.82) is 0 Å². The molecule has 0 aromatic heterocycles. The monoisotopic (exact) mass is 461 g/mol. The SMILES string of the molecule is CN(C)C(=O)CCCOc1c(Br)cc(S(=O)(=O)Cl)cc1Br. The Labute approximate surface area is 145 Å². The lowest BCUT2D eigenvalue weighted by Gasteiger charge is -2.13. The van der Waals surface area contributed by atoms with Gasteiger partial charge < -0.3 is 9.64 Å². The maximum atomic E-state index is 11.4. The highest BCUT2D eigenvalue weighted by atomic mass is 79.9. The molecule has 9 heteroatoms. The van der Waals surface area contributed by atoms with E-state index >= 15 is 0 Å². The molecule has 0 heterocycles. The second-order valence-corrected chi connectivity index (χ2v) is 8.67. The van der Waals surface area contributed by atoms with Crippen molar-refractivity contribution >= 4 is 57.5 Å². The van der Waals surface area contributed by atoms with E-state index in [1.165, 1.54) is 17.0 Å². The van der Waals surface area contributed by atoms with Crippen molar-refractivity contribution < 1.29 is 17.9 Å². The lowest BCUT2D eigenvalue weighted by Crippen LogP contribution is -2.21. The molecule has 0 N–H and O–H groups in total. The Hall–Kier alpha value is -0.310. The molecule has 0 unspecified atom stereocenters. The highest BCUT2D eigenvalue weighted by Gasteiger charge is 2.16. The molecule has 0 aliphatic carbocycles. The summed E-state index contributed by atoms with van der Waals surface area (Å²) in [6.07, 6.45) is 0.946. The third-order valence-corrected chi connectivity index (χ3v) is 5.04. The first kappa shape index (κ1) is 18.7. The van der Waals surface area contributed by atoms with Crippen LogP contribution in [0.2, 0.25) is 0 Å². The third-order valence-electron chi connectivity index (χ3n) is 2.53. The molecule has 0 radical (unpaired) electrons. The van der Waals surface area contributed by atoms with Crippen LogP contribution in [0.3, 0.4) is 0 Å². The lowest BCUT2D eigenvalue weighted by molar-refractivity contribution is -0.128. The van der Waals surface area contributed by atoms with Gasteiger partial charge >= 0.3 is 0 Å². The molecule has 0 saturated heterocycles. The number of carbonyl (C=O) groups is 1. The van der Waals surface area contributed by atoms with Gasteiger partial charge in [-0.2, -0.15) is 0 Å². The molecule has 0 bridgehead atoms. The van der Waals surface area contributed by atoms with Crippen molar-refractivity contribution in [2.75, 3.05) is 20.7 Å². The van der Waals surface area contributed by atoms with Gasteiger partial charge in [0.05, 0.1) is 20.4 Å². The van der Waals surface area contributed by atoms with E-state index in [1.807, 2.05) is 0 Å². The number of halogens is 3. The predicted octanol–water partition coefficient (Wildman–Crippen LogP) is 3.39. The van der Waals surface area contributed by atoms with Gasteiger partial charge in [0, 0.05) is 31.2 Å². The largest absolute Gasteiger partial charge is 0.491 e. The fourth-order valence-corrected chi connectivity index (χ4v) is 3.94. The quantitative estimate of drug-likeness (QED) is 0.479. The maximum absolute atomic E-state index is 11.4. The number of ether oxygens (including phenoxy) is 1. The van der Waals surface area contributed by atoms with Gasteiger partial charge in [0.25, 0.3) is 9.05 Å². The zero-order chi connectivity index (χ0) is 16.2. The summed E-state index contributed by atoms with van der Waals surface area (Å²) in [4.78, 5) is 12.9. The van der Waals surface area contributed by atoms with Gasteiger partial charge in [-0.25, -0.2) is 8.42 Å². The fraction of sp³-hybridized carbons (Fsp3) is 0.417. The first-order valence-electron chi connectivity index (χ1n) is 5.89. The molecule has 0 aliphatic heterocycles. The van der Waals surface area contributed by atoms with Gasteiger partial charge in [-0.3, -0.25) is 4.79 Å². The Morgan fingerprint density at radius 2 is 1.81 bits per heavy atom. The number of benzene rings is 1. The van der Waals surface area contributed by atoms with Gasteiger partial charge in [0.15, 0.2) is 0 Å². The summed E-state index contributed by atoms with van der Waals surface area (Å²) in [6, 6.07) is 2.74. The fourth-order valence-electron chi connectivity index (χ4n) is 1.44. The van der Waals surface area contributed by atoms with E-state index in [9.17, 15) is 13.2 Å². The Balaban J connectivity index is 2.71. The Morgan fingerprint density at radius 3 is 2.24 bits per heavy atom. The van der Waals surface area contributed by atoms with Crippen LogP contribution in [0.4, 0.5) is 0 Å². The number of hydrogen-bond donors (Lipinski definition) is 0. The van der Waals surface area contributed by atoms with E-state index < -0.39 is 9.05 Å². The smallest absolute Gasteiger partial charge is 0.261 e. The minimum atomic E-state index is -3.80. The van der Waals surface area contributed by atoms with E-state index in [-0.39, 0.29) is 10.8 Å². The van der Waals surface area contributed by atoms with Gasteiger partial charge in [0.2, 0.25) is 5.91 Å². The number of amides is 1. The molecule has 1 aromatic carbocycles. The van der Waals surface area contributed by atoms with Crippen LogP contribution in [0.25, 0.3) is 0 Å².